The van der Waals surface area contributed by atoms with Crippen molar-refractivity contribution in [1.29, 1.82) is 0 Å². The summed E-state index contributed by atoms with van der Waals surface area (Å²) in [5.74, 6) is 0.728. The van der Waals surface area contributed by atoms with Crippen LogP contribution >= 0.6 is 7.60 Å². The molecular formula is C8H15O6P. The zero-order valence-corrected chi connectivity index (χ0v) is 9.37. The van der Waals surface area contributed by atoms with E-state index in [0.29, 0.717) is 0 Å². The van der Waals surface area contributed by atoms with Gasteiger partial charge in [-0.3, -0.25) is 4.57 Å². The van der Waals surface area contributed by atoms with Gasteiger partial charge in [0.25, 0.3) is 0 Å². The lowest BCUT2D eigenvalue weighted by molar-refractivity contribution is -0.00362. The van der Waals surface area contributed by atoms with Gasteiger partial charge in [-0.15, -0.1) is 0 Å². The van der Waals surface area contributed by atoms with Crippen molar-refractivity contribution < 1.29 is 28.9 Å². The lowest BCUT2D eigenvalue weighted by atomic mass is 10.1. The second-order valence-electron chi connectivity index (χ2n) is 3.43. The first kappa shape index (κ1) is 12.8. The summed E-state index contributed by atoms with van der Waals surface area (Å²) in [6.45, 7) is 1.72. The zero-order chi connectivity index (χ0) is 11.6. The highest BCUT2D eigenvalue weighted by Crippen LogP contribution is 2.37. The van der Waals surface area contributed by atoms with Gasteiger partial charge < -0.3 is 24.4 Å². The van der Waals surface area contributed by atoms with Gasteiger partial charge in [0, 0.05) is 12.9 Å². The SMILES string of the molecule is CO[C@H]1C(O)[C@@H](/C=C/P(=O)(O)O)O[C@H]1C. The van der Waals surface area contributed by atoms with Crippen LogP contribution in [0.15, 0.2) is 11.9 Å². The standard InChI is InChI=1S/C8H15O6P/c1-5-8(13-2)7(9)6(14-5)3-4-15(10,11)12/h3-9H,1-2H3,(H2,10,11,12)/b4-3+/t5-,6+,7?,8+/m0/s1. The van der Waals surface area contributed by atoms with Crippen molar-refractivity contribution in [2.75, 3.05) is 7.11 Å². The van der Waals surface area contributed by atoms with Crippen LogP contribution in [0, 0.1) is 0 Å². The lowest BCUT2D eigenvalue weighted by Gasteiger charge is -2.14. The smallest absolute Gasteiger partial charge is 0.348 e. The van der Waals surface area contributed by atoms with Gasteiger partial charge in [-0.2, -0.15) is 0 Å². The Morgan fingerprint density at radius 3 is 2.47 bits per heavy atom. The molecule has 0 radical (unpaired) electrons. The fourth-order valence-corrected chi connectivity index (χ4v) is 1.95. The molecule has 0 aromatic carbocycles. The number of methoxy groups -OCH3 is 1. The summed E-state index contributed by atoms with van der Waals surface area (Å²) in [4.78, 5) is 17.2. The van der Waals surface area contributed by atoms with Gasteiger partial charge in [0.15, 0.2) is 0 Å². The van der Waals surface area contributed by atoms with Crippen LogP contribution in [0.4, 0.5) is 0 Å². The van der Waals surface area contributed by atoms with E-state index in [-0.39, 0.29) is 6.10 Å². The Kier molecular flexibility index (Phi) is 4.06. The number of ether oxygens (including phenoxy) is 2. The van der Waals surface area contributed by atoms with Crippen molar-refractivity contribution in [3.63, 3.8) is 0 Å². The van der Waals surface area contributed by atoms with Gasteiger partial charge >= 0.3 is 7.60 Å². The maximum Gasteiger partial charge on any atom is 0.348 e. The number of rotatable bonds is 3. The fraction of sp³-hybridized carbons (Fsp3) is 0.750. The predicted molar refractivity (Wildman–Crippen MR) is 52.3 cm³/mol. The Hall–Kier alpha value is -0.230. The van der Waals surface area contributed by atoms with Crippen molar-refractivity contribution >= 4 is 7.60 Å². The van der Waals surface area contributed by atoms with Crippen LogP contribution in [-0.2, 0) is 14.0 Å². The molecule has 1 fully saturated rings. The van der Waals surface area contributed by atoms with Crippen LogP contribution in [0.1, 0.15) is 6.92 Å². The molecule has 88 valence electrons. The quantitative estimate of drug-likeness (QED) is 0.591. The summed E-state index contributed by atoms with van der Waals surface area (Å²) in [6, 6.07) is 0. The van der Waals surface area contributed by atoms with Gasteiger partial charge in [0.2, 0.25) is 0 Å². The van der Waals surface area contributed by atoms with Crippen molar-refractivity contribution in [3.05, 3.63) is 11.9 Å². The summed E-state index contributed by atoms with van der Waals surface area (Å²) in [6.07, 6.45) is -1.26. The normalized spacial score (nSPS) is 37.7. The van der Waals surface area contributed by atoms with Crippen LogP contribution in [0.2, 0.25) is 0 Å². The Morgan fingerprint density at radius 1 is 1.47 bits per heavy atom. The molecule has 1 aliphatic heterocycles. The third-order valence-electron chi connectivity index (χ3n) is 2.25. The van der Waals surface area contributed by atoms with Crippen LogP contribution in [0.3, 0.4) is 0 Å². The largest absolute Gasteiger partial charge is 0.387 e. The Morgan fingerprint density at radius 2 is 2.07 bits per heavy atom. The molecule has 0 aromatic heterocycles. The fourth-order valence-electron chi connectivity index (χ4n) is 1.56. The summed E-state index contributed by atoms with van der Waals surface area (Å²) < 4.78 is 20.8. The molecule has 0 aliphatic carbocycles. The van der Waals surface area contributed by atoms with Gasteiger partial charge in [0.05, 0.1) is 6.10 Å². The van der Waals surface area contributed by atoms with Gasteiger partial charge in [0.1, 0.15) is 18.3 Å². The molecule has 7 heteroatoms. The first-order valence-corrected chi connectivity index (χ1v) is 6.14. The van der Waals surface area contributed by atoms with Gasteiger partial charge in [-0.1, -0.05) is 0 Å². The molecule has 1 heterocycles. The monoisotopic (exact) mass is 238 g/mol. The van der Waals surface area contributed by atoms with E-state index in [1.807, 2.05) is 0 Å². The third-order valence-corrected chi connectivity index (χ3v) is 2.81. The second-order valence-corrected chi connectivity index (χ2v) is 4.90. The van der Waals surface area contributed by atoms with E-state index >= 15 is 0 Å². The molecule has 0 spiro atoms. The number of hydrogen-bond acceptors (Lipinski definition) is 4. The van der Waals surface area contributed by atoms with Crippen LogP contribution < -0.4 is 0 Å². The molecule has 0 bridgehead atoms. The van der Waals surface area contributed by atoms with Crippen LogP contribution in [0.5, 0.6) is 0 Å². The van der Waals surface area contributed by atoms with Crippen LogP contribution in [-0.4, -0.2) is 46.4 Å². The second kappa shape index (κ2) is 4.74. The topological polar surface area (TPSA) is 96.2 Å². The van der Waals surface area contributed by atoms with E-state index in [4.69, 9.17) is 19.3 Å². The maximum absolute atomic E-state index is 10.6. The molecule has 6 nitrogen and oxygen atoms in total. The van der Waals surface area contributed by atoms with Gasteiger partial charge in [-0.25, -0.2) is 0 Å². The van der Waals surface area contributed by atoms with Crippen LogP contribution in [0.25, 0.3) is 0 Å². The lowest BCUT2D eigenvalue weighted by Crippen LogP contribution is -2.32. The van der Waals surface area contributed by atoms with Crippen molar-refractivity contribution in [2.45, 2.75) is 31.3 Å². The molecule has 4 atom stereocenters. The molecule has 1 aliphatic rings. The van der Waals surface area contributed by atoms with E-state index in [1.54, 1.807) is 6.92 Å². The summed E-state index contributed by atoms with van der Waals surface area (Å²) in [5.41, 5.74) is 0. The van der Waals surface area contributed by atoms with Crippen molar-refractivity contribution in [1.82, 2.24) is 0 Å². The minimum absolute atomic E-state index is 0.309. The zero-order valence-electron chi connectivity index (χ0n) is 8.48. The number of hydrogen-bond donors (Lipinski definition) is 3. The van der Waals surface area contributed by atoms with E-state index < -0.39 is 25.9 Å². The molecule has 1 rings (SSSR count). The van der Waals surface area contributed by atoms with E-state index in [9.17, 15) is 9.67 Å². The number of aliphatic hydroxyl groups is 1. The Labute approximate surface area is 87.7 Å². The minimum atomic E-state index is -4.21. The molecule has 15 heavy (non-hydrogen) atoms. The van der Waals surface area contributed by atoms with Gasteiger partial charge in [-0.05, 0) is 13.0 Å². The summed E-state index contributed by atoms with van der Waals surface area (Å²) >= 11 is 0. The average Bonchev–Trinajstić information content (AvgIpc) is 2.37. The highest BCUT2D eigenvalue weighted by Gasteiger charge is 2.40. The Bertz CT molecular complexity index is 285. The van der Waals surface area contributed by atoms with Crippen molar-refractivity contribution in [3.8, 4) is 0 Å². The summed E-state index contributed by atoms with van der Waals surface area (Å²) in [7, 11) is -2.76. The predicted octanol–water partition coefficient (Wildman–Crippen LogP) is -0.159. The van der Waals surface area contributed by atoms with E-state index in [2.05, 4.69) is 0 Å². The minimum Gasteiger partial charge on any atom is -0.387 e. The molecule has 0 saturated carbocycles. The summed E-state index contributed by atoms with van der Waals surface area (Å²) in [5, 5.41) is 9.66. The number of aliphatic hydroxyl groups excluding tert-OH is 1. The first-order valence-electron chi connectivity index (χ1n) is 4.46. The average molecular weight is 238 g/mol. The molecular weight excluding hydrogens is 223 g/mol. The molecule has 0 amide bonds. The third kappa shape index (κ3) is 3.38. The molecule has 1 unspecified atom stereocenters. The van der Waals surface area contributed by atoms with Crippen molar-refractivity contribution in [2.24, 2.45) is 0 Å². The molecule has 1 saturated heterocycles. The highest BCUT2D eigenvalue weighted by atomic mass is 31.2. The Balaban J connectivity index is 2.67. The van der Waals surface area contributed by atoms with E-state index in [1.165, 1.54) is 13.2 Å². The molecule has 3 N–H and O–H groups in total. The maximum atomic E-state index is 10.6. The first-order chi connectivity index (χ1) is 6.85. The highest BCUT2D eigenvalue weighted by molar-refractivity contribution is 7.55. The molecule has 0 aromatic rings. The van der Waals surface area contributed by atoms with E-state index in [0.717, 1.165) is 5.82 Å².